The van der Waals surface area contributed by atoms with Crippen molar-refractivity contribution in [2.24, 2.45) is 0 Å². The standard InChI is InChI=1S/C9H10BrNO4S/c1-15-5-4-6(16-8(5)10)9(14)11-3-2-7(12)13/h4H,2-3H2,1H3,(H,11,14)(H,12,13). The number of ether oxygens (including phenoxy) is 1. The van der Waals surface area contributed by atoms with E-state index in [9.17, 15) is 9.59 Å². The zero-order valence-electron chi connectivity index (χ0n) is 8.45. The van der Waals surface area contributed by atoms with Crippen molar-refractivity contribution >= 4 is 39.1 Å². The van der Waals surface area contributed by atoms with Gasteiger partial charge in [-0.2, -0.15) is 0 Å². The Morgan fingerprint density at radius 3 is 2.81 bits per heavy atom. The van der Waals surface area contributed by atoms with Crippen LogP contribution in [0, 0.1) is 0 Å². The summed E-state index contributed by atoms with van der Waals surface area (Å²) >= 11 is 4.49. The summed E-state index contributed by atoms with van der Waals surface area (Å²) in [6, 6.07) is 1.60. The van der Waals surface area contributed by atoms with E-state index in [-0.39, 0.29) is 18.9 Å². The molecule has 0 spiro atoms. The largest absolute Gasteiger partial charge is 0.495 e. The predicted molar refractivity (Wildman–Crippen MR) is 63.2 cm³/mol. The summed E-state index contributed by atoms with van der Waals surface area (Å²) in [4.78, 5) is 22.3. The van der Waals surface area contributed by atoms with Crippen LogP contribution in [0.4, 0.5) is 0 Å². The first-order valence-corrected chi connectivity index (χ1v) is 5.99. The molecule has 0 radical (unpaired) electrons. The molecular weight excluding hydrogens is 298 g/mol. The number of hydrogen-bond donors (Lipinski definition) is 2. The van der Waals surface area contributed by atoms with Crippen molar-refractivity contribution in [3.8, 4) is 5.75 Å². The number of rotatable bonds is 5. The fourth-order valence-electron chi connectivity index (χ4n) is 0.973. The van der Waals surface area contributed by atoms with Gasteiger partial charge in [-0.3, -0.25) is 9.59 Å². The first-order valence-electron chi connectivity index (χ1n) is 4.38. The highest BCUT2D eigenvalue weighted by Crippen LogP contribution is 2.34. The number of carboxylic acid groups (broad SMARTS) is 1. The molecule has 0 aliphatic heterocycles. The second kappa shape index (κ2) is 5.86. The molecule has 1 amide bonds. The van der Waals surface area contributed by atoms with Crippen molar-refractivity contribution in [2.45, 2.75) is 6.42 Å². The highest BCUT2D eigenvalue weighted by Gasteiger charge is 2.13. The Kier molecular flexibility index (Phi) is 4.75. The average molecular weight is 308 g/mol. The topological polar surface area (TPSA) is 75.6 Å². The fourth-order valence-corrected chi connectivity index (χ4v) is 2.54. The van der Waals surface area contributed by atoms with Gasteiger partial charge in [0.05, 0.1) is 18.4 Å². The molecule has 0 aromatic carbocycles. The number of hydrogen-bond acceptors (Lipinski definition) is 4. The molecule has 1 heterocycles. The van der Waals surface area contributed by atoms with Gasteiger partial charge in [0, 0.05) is 12.6 Å². The summed E-state index contributed by atoms with van der Waals surface area (Å²) in [6.07, 6.45) is -0.0879. The van der Waals surface area contributed by atoms with Crippen LogP contribution in [0.25, 0.3) is 0 Å². The summed E-state index contributed by atoms with van der Waals surface area (Å²) in [5, 5.41) is 10.9. The number of carbonyl (C=O) groups is 2. The van der Waals surface area contributed by atoms with E-state index in [2.05, 4.69) is 21.2 Å². The van der Waals surface area contributed by atoms with Crippen molar-refractivity contribution in [3.63, 3.8) is 0 Å². The molecule has 0 atom stereocenters. The van der Waals surface area contributed by atoms with E-state index in [0.29, 0.717) is 10.6 Å². The van der Waals surface area contributed by atoms with Gasteiger partial charge in [-0.15, -0.1) is 11.3 Å². The minimum absolute atomic E-state index is 0.0879. The molecule has 88 valence electrons. The number of methoxy groups -OCH3 is 1. The molecule has 0 aliphatic carbocycles. The molecule has 2 N–H and O–H groups in total. The van der Waals surface area contributed by atoms with Crippen LogP contribution < -0.4 is 10.1 Å². The van der Waals surface area contributed by atoms with Crippen LogP contribution >= 0.6 is 27.3 Å². The van der Waals surface area contributed by atoms with Gasteiger partial charge < -0.3 is 15.2 Å². The quantitative estimate of drug-likeness (QED) is 0.868. The Morgan fingerprint density at radius 1 is 1.62 bits per heavy atom. The van der Waals surface area contributed by atoms with Gasteiger partial charge in [0.1, 0.15) is 9.54 Å². The lowest BCUT2D eigenvalue weighted by atomic mass is 10.4. The minimum atomic E-state index is -0.940. The van der Waals surface area contributed by atoms with E-state index in [0.717, 1.165) is 3.79 Å². The molecule has 16 heavy (non-hydrogen) atoms. The number of carbonyl (C=O) groups excluding carboxylic acids is 1. The maximum Gasteiger partial charge on any atom is 0.305 e. The maximum atomic E-state index is 11.5. The molecule has 5 nitrogen and oxygen atoms in total. The Labute approximate surface area is 105 Å². The monoisotopic (exact) mass is 307 g/mol. The molecular formula is C9H10BrNO4S. The number of amides is 1. The van der Waals surface area contributed by atoms with Crippen LogP contribution in [-0.4, -0.2) is 30.6 Å². The Bertz CT molecular complexity index is 404. The SMILES string of the molecule is COc1cc(C(=O)NCCC(=O)O)sc1Br. The lowest BCUT2D eigenvalue weighted by Gasteiger charge is -1.99. The first kappa shape index (κ1) is 13.0. The van der Waals surface area contributed by atoms with Crippen LogP contribution in [-0.2, 0) is 4.79 Å². The lowest BCUT2D eigenvalue weighted by Crippen LogP contribution is -2.25. The van der Waals surface area contributed by atoms with E-state index in [1.54, 1.807) is 6.07 Å². The molecule has 0 aliphatic rings. The number of halogens is 1. The van der Waals surface area contributed by atoms with Crippen molar-refractivity contribution < 1.29 is 19.4 Å². The van der Waals surface area contributed by atoms with Crippen LogP contribution in [0.2, 0.25) is 0 Å². The van der Waals surface area contributed by atoms with E-state index in [4.69, 9.17) is 9.84 Å². The summed E-state index contributed by atoms with van der Waals surface area (Å²) in [6.45, 7) is 0.117. The van der Waals surface area contributed by atoms with Crippen molar-refractivity contribution in [1.82, 2.24) is 5.32 Å². The fraction of sp³-hybridized carbons (Fsp3) is 0.333. The highest BCUT2D eigenvalue weighted by atomic mass is 79.9. The first-order chi connectivity index (χ1) is 7.54. The third-order valence-electron chi connectivity index (χ3n) is 1.72. The van der Waals surface area contributed by atoms with Gasteiger partial charge in [0.15, 0.2) is 0 Å². The number of thiophene rings is 1. The molecule has 1 aromatic rings. The van der Waals surface area contributed by atoms with Gasteiger partial charge in [0.25, 0.3) is 5.91 Å². The second-order valence-electron chi connectivity index (χ2n) is 2.85. The molecule has 7 heteroatoms. The van der Waals surface area contributed by atoms with Crippen LogP contribution in [0.5, 0.6) is 5.75 Å². The summed E-state index contributed by atoms with van der Waals surface area (Å²) < 4.78 is 5.74. The van der Waals surface area contributed by atoms with Crippen molar-refractivity contribution in [3.05, 3.63) is 14.7 Å². The van der Waals surface area contributed by atoms with Crippen LogP contribution in [0.15, 0.2) is 9.85 Å². The van der Waals surface area contributed by atoms with Gasteiger partial charge in [-0.1, -0.05) is 0 Å². The second-order valence-corrected chi connectivity index (χ2v) is 5.22. The highest BCUT2D eigenvalue weighted by molar-refractivity contribution is 9.11. The predicted octanol–water partition coefficient (Wildman–Crippen LogP) is 1.72. The van der Waals surface area contributed by atoms with Crippen LogP contribution in [0.3, 0.4) is 0 Å². The van der Waals surface area contributed by atoms with E-state index < -0.39 is 5.97 Å². The van der Waals surface area contributed by atoms with Crippen LogP contribution in [0.1, 0.15) is 16.1 Å². The van der Waals surface area contributed by atoms with Crippen molar-refractivity contribution in [1.29, 1.82) is 0 Å². The average Bonchev–Trinajstić information content (AvgIpc) is 2.59. The molecule has 0 bridgehead atoms. The summed E-state index contributed by atoms with van der Waals surface area (Å²) in [5.41, 5.74) is 0. The third kappa shape index (κ3) is 3.49. The lowest BCUT2D eigenvalue weighted by molar-refractivity contribution is -0.136. The molecule has 0 fully saturated rings. The number of aliphatic carboxylic acids is 1. The van der Waals surface area contributed by atoms with Gasteiger partial charge >= 0.3 is 5.97 Å². The number of nitrogens with one attached hydrogen (secondary N) is 1. The molecule has 0 saturated carbocycles. The third-order valence-corrected chi connectivity index (χ3v) is 3.50. The van der Waals surface area contributed by atoms with E-state index in [1.807, 2.05) is 0 Å². The molecule has 0 saturated heterocycles. The Morgan fingerprint density at radius 2 is 2.31 bits per heavy atom. The Balaban J connectivity index is 2.56. The maximum absolute atomic E-state index is 11.5. The van der Waals surface area contributed by atoms with Gasteiger partial charge in [-0.25, -0.2) is 0 Å². The minimum Gasteiger partial charge on any atom is -0.495 e. The molecule has 1 rings (SSSR count). The molecule has 0 unspecified atom stereocenters. The summed E-state index contributed by atoms with van der Waals surface area (Å²) in [5.74, 6) is -0.645. The summed E-state index contributed by atoms with van der Waals surface area (Å²) in [7, 11) is 1.51. The normalized spacial score (nSPS) is 9.88. The smallest absolute Gasteiger partial charge is 0.305 e. The van der Waals surface area contributed by atoms with Gasteiger partial charge in [-0.05, 0) is 15.9 Å². The van der Waals surface area contributed by atoms with Crippen molar-refractivity contribution in [2.75, 3.05) is 13.7 Å². The van der Waals surface area contributed by atoms with Gasteiger partial charge in [0.2, 0.25) is 0 Å². The zero-order chi connectivity index (χ0) is 12.1. The number of carboxylic acids is 1. The Hall–Kier alpha value is -1.08. The van der Waals surface area contributed by atoms with E-state index in [1.165, 1.54) is 18.4 Å². The van der Waals surface area contributed by atoms with E-state index >= 15 is 0 Å². The molecule has 1 aromatic heterocycles. The zero-order valence-corrected chi connectivity index (χ0v) is 10.9.